The van der Waals surface area contributed by atoms with Gasteiger partial charge in [-0.1, -0.05) is 6.07 Å². The van der Waals surface area contributed by atoms with Crippen LogP contribution in [0.15, 0.2) is 59.8 Å². The Balaban J connectivity index is 1.62. The maximum Gasteiger partial charge on any atom is 0.144 e. The lowest BCUT2D eigenvalue weighted by Crippen LogP contribution is -1.99. The molecule has 5 rings (SSSR count). The highest BCUT2D eigenvalue weighted by Gasteiger charge is 2.15. The third kappa shape index (κ3) is 2.80. The number of aromatic amines is 2. The van der Waals surface area contributed by atoms with Crippen molar-refractivity contribution in [3.05, 3.63) is 59.8 Å². The van der Waals surface area contributed by atoms with Crippen LogP contribution in [0.3, 0.4) is 0 Å². The molecular formula is C20H16N6OS. The standard InChI is InChI=1S/C20H16N6OS/c1-27-17-3-2-12(13-5-7-28-10-13)8-16(17)25-20-18-14(15-4-6-24-26-15)9-21-19(18)22-11-23-20/h2-11H,1H3,(H,24,26)(H2,21,22,23,25). The van der Waals surface area contributed by atoms with Crippen molar-refractivity contribution in [2.45, 2.75) is 0 Å². The lowest BCUT2D eigenvalue weighted by atomic mass is 10.1. The van der Waals surface area contributed by atoms with Crippen molar-refractivity contribution in [3.8, 4) is 28.1 Å². The minimum absolute atomic E-state index is 0.691. The van der Waals surface area contributed by atoms with Crippen LogP contribution in [0.25, 0.3) is 33.4 Å². The average Bonchev–Trinajstić information content (AvgIpc) is 3.49. The fourth-order valence-electron chi connectivity index (χ4n) is 3.22. The average molecular weight is 388 g/mol. The molecular weight excluding hydrogens is 372 g/mol. The predicted octanol–water partition coefficient (Wildman–Crippen LogP) is 4.83. The van der Waals surface area contributed by atoms with Gasteiger partial charge in [0, 0.05) is 18.0 Å². The van der Waals surface area contributed by atoms with Crippen LogP contribution in [-0.2, 0) is 0 Å². The maximum atomic E-state index is 5.56. The summed E-state index contributed by atoms with van der Waals surface area (Å²) < 4.78 is 5.56. The molecule has 0 fully saturated rings. The molecule has 138 valence electrons. The van der Waals surface area contributed by atoms with Gasteiger partial charge < -0.3 is 15.0 Å². The molecule has 0 atom stereocenters. The fraction of sp³-hybridized carbons (Fsp3) is 0.0500. The number of benzene rings is 1. The number of ether oxygens (including phenoxy) is 1. The first-order valence-electron chi connectivity index (χ1n) is 8.63. The van der Waals surface area contributed by atoms with Crippen LogP contribution in [-0.4, -0.2) is 32.3 Å². The fourth-order valence-corrected chi connectivity index (χ4v) is 3.88. The molecule has 3 N–H and O–H groups in total. The van der Waals surface area contributed by atoms with Crippen LogP contribution in [0.4, 0.5) is 11.5 Å². The van der Waals surface area contributed by atoms with E-state index < -0.39 is 0 Å². The van der Waals surface area contributed by atoms with Gasteiger partial charge in [-0.15, -0.1) is 0 Å². The van der Waals surface area contributed by atoms with E-state index in [1.807, 2.05) is 24.4 Å². The molecule has 0 bridgehead atoms. The number of thiophene rings is 1. The largest absolute Gasteiger partial charge is 0.495 e. The van der Waals surface area contributed by atoms with Crippen molar-refractivity contribution >= 4 is 33.9 Å². The Labute approximate surface area is 164 Å². The first-order valence-corrected chi connectivity index (χ1v) is 9.57. The van der Waals surface area contributed by atoms with Gasteiger partial charge in [-0.3, -0.25) is 5.10 Å². The van der Waals surface area contributed by atoms with Crippen molar-refractivity contribution in [1.82, 2.24) is 25.1 Å². The molecule has 0 aliphatic heterocycles. The summed E-state index contributed by atoms with van der Waals surface area (Å²) >= 11 is 1.67. The Morgan fingerprint density at radius 3 is 2.86 bits per heavy atom. The summed E-state index contributed by atoms with van der Waals surface area (Å²) in [5, 5.41) is 15.5. The second-order valence-electron chi connectivity index (χ2n) is 6.17. The van der Waals surface area contributed by atoms with Crippen LogP contribution in [0.2, 0.25) is 0 Å². The SMILES string of the molecule is COc1ccc(-c2ccsc2)cc1Nc1ncnc2[nH]cc(-c3ccn[nH]3)c12. The van der Waals surface area contributed by atoms with E-state index in [1.54, 1.807) is 24.6 Å². The Bertz CT molecular complexity index is 1230. The monoisotopic (exact) mass is 388 g/mol. The van der Waals surface area contributed by atoms with E-state index in [9.17, 15) is 0 Å². The zero-order valence-electron chi connectivity index (χ0n) is 14.9. The van der Waals surface area contributed by atoms with Gasteiger partial charge in [0.05, 0.1) is 23.9 Å². The summed E-state index contributed by atoms with van der Waals surface area (Å²) in [6, 6.07) is 10.1. The topological polar surface area (TPSA) is 91.5 Å². The predicted molar refractivity (Wildman–Crippen MR) is 111 cm³/mol. The highest BCUT2D eigenvalue weighted by atomic mass is 32.1. The van der Waals surface area contributed by atoms with Gasteiger partial charge in [0.2, 0.25) is 0 Å². The maximum absolute atomic E-state index is 5.56. The molecule has 4 heterocycles. The van der Waals surface area contributed by atoms with Crippen LogP contribution >= 0.6 is 11.3 Å². The molecule has 0 aliphatic rings. The molecule has 0 radical (unpaired) electrons. The lowest BCUT2D eigenvalue weighted by molar-refractivity contribution is 0.417. The highest BCUT2D eigenvalue weighted by molar-refractivity contribution is 7.08. The molecule has 8 heteroatoms. The van der Waals surface area contributed by atoms with Crippen LogP contribution in [0, 0.1) is 0 Å². The number of nitrogens with one attached hydrogen (secondary N) is 3. The summed E-state index contributed by atoms with van der Waals surface area (Å²) in [5.41, 5.74) is 5.70. The first-order chi connectivity index (χ1) is 13.8. The van der Waals surface area contributed by atoms with Crippen LogP contribution in [0.5, 0.6) is 5.75 Å². The van der Waals surface area contributed by atoms with E-state index in [0.717, 1.165) is 39.3 Å². The smallest absolute Gasteiger partial charge is 0.144 e. The number of fused-ring (bicyclic) bond motifs is 1. The first kappa shape index (κ1) is 16.5. The molecule has 28 heavy (non-hydrogen) atoms. The number of anilines is 2. The summed E-state index contributed by atoms with van der Waals surface area (Å²) in [5.74, 6) is 1.43. The molecule has 0 saturated carbocycles. The van der Waals surface area contributed by atoms with E-state index in [2.05, 4.69) is 53.4 Å². The third-order valence-corrected chi connectivity index (χ3v) is 5.25. The van der Waals surface area contributed by atoms with Crippen LogP contribution in [0.1, 0.15) is 0 Å². The van der Waals surface area contributed by atoms with Gasteiger partial charge in [0.15, 0.2) is 0 Å². The van der Waals surface area contributed by atoms with Gasteiger partial charge >= 0.3 is 0 Å². The normalized spacial score (nSPS) is 11.0. The molecule has 0 aliphatic carbocycles. The number of aromatic nitrogens is 5. The van der Waals surface area contributed by atoms with Crippen molar-refractivity contribution in [2.75, 3.05) is 12.4 Å². The van der Waals surface area contributed by atoms with E-state index in [1.165, 1.54) is 11.9 Å². The Hall–Kier alpha value is -3.65. The number of nitrogens with zero attached hydrogens (tertiary/aromatic N) is 3. The molecule has 7 nitrogen and oxygen atoms in total. The molecule has 0 spiro atoms. The number of H-pyrrole nitrogens is 2. The molecule has 0 unspecified atom stereocenters. The van der Waals surface area contributed by atoms with Gasteiger partial charge in [-0.25, -0.2) is 9.97 Å². The minimum Gasteiger partial charge on any atom is -0.495 e. The van der Waals surface area contributed by atoms with Gasteiger partial charge in [-0.05, 0) is 46.2 Å². The lowest BCUT2D eigenvalue weighted by Gasteiger charge is -2.13. The number of methoxy groups -OCH3 is 1. The zero-order chi connectivity index (χ0) is 18.9. The van der Waals surface area contributed by atoms with Gasteiger partial charge in [0.25, 0.3) is 0 Å². The third-order valence-electron chi connectivity index (χ3n) is 4.57. The second kappa shape index (κ2) is 6.82. The van der Waals surface area contributed by atoms with E-state index in [4.69, 9.17) is 4.74 Å². The summed E-state index contributed by atoms with van der Waals surface area (Å²) in [7, 11) is 1.66. The van der Waals surface area contributed by atoms with E-state index in [-0.39, 0.29) is 0 Å². The minimum atomic E-state index is 0.691. The molecule has 0 amide bonds. The summed E-state index contributed by atoms with van der Waals surface area (Å²) in [6.45, 7) is 0. The number of hydrogen-bond acceptors (Lipinski definition) is 6. The van der Waals surface area contributed by atoms with E-state index in [0.29, 0.717) is 5.82 Å². The van der Waals surface area contributed by atoms with Gasteiger partial charge in [-0.2, -0.15) is 16.4 Å². The Kier molecular flexibility index (Phi) is 4.02. The summed E-state index contributed by atoms with van der Waals surface area (Å²) in [6.07, 6.45) is 5.16. The van der Waals surface area contributed by atoms with E-state index >= 15 is 0 Å². The second-order valence-corrected chi connectivity index (χ2v) is 6.95. The molecule has 5 aromatic rings. The Morgan fingerprint density at radius 1 is 1.11 bits per heavy atom. The molecule has 1 aromatic carbocycles. The van der Waals surface area contributed by atoms with Crippen molar-refractivity contribution in [1.29, 1.82) is 0 Å². The molecule has 0 saturated heterocycles. The van der Waals surface area contributed by atoms with Crippen molar-refractivity contribution in [3.63, 3.8) is 0 Å². The highest BCUT2D eigenvalue weighted by Crippen LogP contribution is 2.36. The number of rotatable bonds is 5. The van der Waals surface area contributed by atoms with Crippen molar-refractivity contribution < 1.29 is 4.74 Å². The van der Waals surface area contributed by atoms with Crippen LogP contribution < -0.4 is 10.1 Å². The molecule has 4 aromatic heterocycles. The number of hydrogen-bond donors (Lipinski definition) is 3. The summed E-state index contributed by atoms with van der Waals surface area (Å²) in [4.78, 5) is 12.0. The van der Waals surface area contributed by atoms with Crippen molar-refractivity contribution in [2.24, 2.45) is 0 Å². The zero-order valence-corrected chi connectivity index (χ0v) is 15.7. The Morgan fingerprint density at radius 2 is 2.07 bits per heavy atom. The van der Waals surface area contributed by atoms with Gasteiger partial charge in [0.1, 0.15) is 23.5 Å². The quantitative estimate of drug-likeness (QED) is 0.401.